The highest BCUT2D eigenvalue weighted by Gasteiger charge is 2.18. The van der Waals surface area contributed by atoms with Gasteiger partial charge in [-0.1, -0.05) is 6.92 Å². The molecule has 2 N–H and O–H groups in total. The molecule has 0 aliphatic heterocycles. The van der Waals surface area contributed by atoms with Crippen LogP contribution in [-0.2, 0) is 9.73 Å². The van der Waals surface area contributed by atoms with Crippen LogP contribution in [0.3, 0.4) is 0 Å². The van der Waals surface area contributed by atoms with Gasteiger partial charge in [-0.25, -0.2) is 18.8 Å². The fourth-order valence-electron chi connectivity index (χ4n) is 0.953. The molecule has 6 heteroatoms. The van der Waals surface area contributed by atoms with E-state index in [2.05, 4.69) is 4.98 Å². The first-order valence-electron chi connectivity index (χ1n) is 3.94. The molecule has 0 fully saturated rings. The van der Waals surface area contributed by atoms with E-state index < -0.39 is 15.7 Å². The Balaban J connectivity index is 3.42. The summed E-state index contributed by atoms with van der Waals surface area (Å²) in [5.74, 6) is -1.15. The third kappa shape index (κ3) is 1.90. The normalized spacial score (nSPS) is 14.6. The summed E-state index contributed by atoms with van der Waals surface area (Å²) in [6, 6.07) is 2.74. The van der Waals surface area contributed by atoms with Crippen molar-refractivity contribution in [3.05, 3.63) is 23.9 Å². The number of pyridine rings is 1. The van der Waals surface area contributed by atoms with Crippen LogP contribution in [0.25, 0.3) is 0 Å². The monoisotopic (exact) mass is 214 g/mol. The molecule has 0 aliphatic rings. The highest BCUT2D eigenvalue weighted by Crippen LogP contribution is 2.14. The topological polar surface area (TPSA) is 91.1 Å². The first kappa shape index (κ1) is 10.6. The standard InChI is InChI=1S/C8H10N2O3S/c1-2-14(9,13)7-6(8(11)12)4-3-5-10-7/h3-5,9H,2H2,1H3,(H,11,12)/t14-/m0/s1. The lowest BCUT2D eigenvalue weighted by Gasteiger charge is -2.05. The van der Waals surface area contributed by atoms with E-state index in [0.717, 1.165) is 0 Å². The first-order valence-corrected chi connectivity index (χ1v) is 5.66. The first-order chi connectivity index (χ1) is 6.49. The molecule has 0 radical (unpaired) electrons. The van der Waals surface area contributed by atoms with Gasteiger partial charge in [0, 0.05) is 11.9 Å². The Hall–Kier alpha value is -1.43. The summed E-state index contributed by atoms with van der Waals surface area (Å²) in [6.07, 6.45) is 1.34. The van der Waals surface area contributed by atoms with Crippen LogP contribution in [0.5, 0.6) is 0 Å². The fourth-order valence-corrected chi connectivity index (χ4v) is 1.97. The van der Waals surface area contributed by atoms with E-state index in [0.29, 0.717) is 0 Å². The number of aromatic nitrogens is 1. The number of aromatic carboxylic acids is 1. The van der Waals surface area contributed by atoms with Gasteiger partial charge in [-0.2, -0.15) is 0 Å². The fraction of sp³-hybridized carbons (Fsp3) is 0.250. The summed E-state index contributed by atoms with van der Waals surface area (Å²) in [4.78, 5) is 14.4. The van der Waals surface area contributed by atoms with Crippen LogP contribution in [0.4, 0.5) is 0 Å². The molecule has 76 valence electrons. The Bertz CT molecular complexity index is 453. The van der Waals surface area contributed by atoms with Crippen molar-refractivity contribution in [1.29, 1.82) is 4.78 Å². The van der Waals surface area contributed by atoms with Crippen LogP contribution < -0.4 is 0 Å². The molecule has 0 spiro atoms. The Labute approximate surface area is 81.8 Å². The van der Waals surface area contributed by atoms with Gasteiger partial charge in [0.1, 0.15) is 5.03 Å². The minimum Gasteiger partial charge on any atom is -0.478 e. The number of hydrogen-bond acceptors (Lipinski definition) is 4. The molecule has 1 heterocycles. The summed E-state index contributed by atoms with van der Waals surface area (Å²) in [6.45, 7) is 1.57. The van der Waals surface area contributed by atoms with Gasteiger partial charge in [0.05, 0.1) is 15.3 Å². The number of carboxylic acids is 1. The van der Waals surface area contributed by atoms with Gasteiger partial charge < -0.3 is 5.11 Å². The minimum atomic E-state index is -3.07. The zero-order valence-electron chi connectivity index (χ0n) is 7.56. The second-order valence-electron chi connectivity index (χ2n) is 2.63. The SMILES string of the molecule is CC[S@](=N)(=O)c1ncccc1C(=O)O. The van der Waals surface area contributed by atoms with Crippen molar-refractivity contribution in [1.82, 2.24) is 4.98 Å². The van der Waals surface area contributed by atoms with Gasteiger partial charge in [-0.05, 0) is 12.1 Å². The highest BCUT2D eigenvalue weighted by molar-refractivity contribution is 7.92. The van der Waals surface area contributed by atoms with E-state index in [9.17, 15) is 9.00 Å². The Morgan fingerprint density at radius 2 is 2.36 bits per heavy atom. The van der Waals surface area contributed by atoms with Gasteiger partial charge in [0.25, 0.3) is 0 Å². The van der Waals surface area contributed by atoms with Gasteiger partial charge in [-0.3, -0.25) is 0 Å². The molecule has 1 atom stereocenters. The molecule has 14 heavy (non-hydrogen) atoms. The number of carboxylic acid groups (broad SMARTS) is 1. The van der Waals surface area contributed by atoms with E-state index in [-0.39, 0.29) is 16.3 Å². The molecule has 0 saturated heterocycles. The average molecular weight is 214 g/mol. The maximum absolute atomic E-state index is 11.6. The lowest BCUT2D eigenvalue weighted by molar-refractivity contribution is 0.0692. The van der Waals surface area contributed by atoms with Crippen LogP contribution >= 0.6 is 0 Å². The van der Waals surface area contributed by atoms with E-state index in [1.807, 2.05) is 0 Å². The molecule has 0 aliphatic carbocycles. The lowest BCUT2D eigenvalue weighted by Crippen LogP contribution is -2.11. The molecule has 1 aromatic heterocycles. The van der Waals surface area contributed by atoms with Gasteiger partial charge in [0.15, 0.2) is 0 Å². The molecule has 1 rings (SSSR count). The quantitative estimate of drug-likeness (QED) is 0.791. The van der Waals surface area contributed by atoms with E-state index in [1.54, 1.807) is 6.92 Å². The number of carbonyl (C=O) groups is 1. The molecular weight excluding hydrogens is 204 g/mol. The van der Waals surface area contributed by atoms with Crippen LogP contribution in [0, 0.1) is 4.78 Å². The Kier molecular flexibility index (Phi) is 2.85. The number of nitrogens with one attached hydrogen (secondary N) is 1. The Morgan fingerprint density at radius 3 is 2.86 bits per heavy atom. The summed E-state index contributed by atoms with van der Waals surface area (Å²) in [7, 11) is -3.07. The number of hydrogen-bond donors (Lipinski definition) is 2. The molecule has 1 aromatic rings. The molecule has 0 saturated carbocycles. The van der Waals surface area contributed by atoms with E-state index in [4.69, 9.17) is 9.89 Å². The average Bonchev–Trinajstić information content (AvgIpc) is 2.18. The molecule has 0 bridgehead atoms. The summed E-state index contributed by atoms with van der Waals surface area (Å²) in [5.41, 5.74) is -0.158. The molecule has 5 nitrogen and oxygen atoms in total. The van der Waals surface area contributed by atoms with Crippen molar-refractivity contribution in [3.63, 3.8) is 0 Å². The van der Waals surface area contributed by atoms with Crippen LogP contribution in [0.1, 0.15) is 17.3 Å². The predicted octanol–water partition coefficient (Wildman–Crippen LogP) is 1.21. The van der Waals surface area contributed by atoms with E-state index in [1.165, 1.54) is 18.3 Å². The third-order valence-electron chi connectivity index (χ3n) is 1.72. The van der Waals surface area contributed by atoms with Gasteiger partial charge in [0.2, 0.25) is 0 Å². The second-order valence-corrected chi connectivity index (χ2v) is 4.94. The maximum Gasteiger partial charge on any atom is 0.338 e. The van der Waals surface area contributed by atoms with Crippen LogP contribution in [0.2, 0.25) is 0 Å². The summed E-state index contributed by atoms with van der Waals surface area (Å²) >= 11 is 0. The minimum absolute atomic E-state index is 0.0598. The highest BCUT2D eigenvalue weighted by atomic mass is 32.2. The van der Waals surface area contributed by atoms with Crippen molar-refractivity contribution < 1.29 is 14.1 Å². The van der Waals surface area contributed by atoms with Gasteiger partial charge >= 0.3 is 5.97 Å². The molecular formula is C8H10N2O3S. The summed E-state index contributed by atoms with van der Waals surface area (Å²) < 4.78 is 19.1. The number of nitrogens with zero attached hydrogens (tertiary/aromatic N) is 1. The molecule has 0 aromatic carbocycles. The van der Waals surface area contributed by atoms with Crippen molar-refractivity contribution in [2.45, 2.75) is 11.9 Å². The maximum atomic E-state index is 11.6. The molecule has 0 amide bonds. The van der Waals surface area contributed by atoms with Crippen molar-refractivity contribution in [3.8, 4) is 0 Å². The van der Waals surface area contributed by atoms with Crippen LogP contribution in [0.15, 0.2) is 23.4 Å². The smallest absolute Gasteiger partial charge is 0.338 e. The van der Waals surface area contributed by atoms with Crippen molar-refractivity contribution >= 4 is 15.7 Å². The van der Waals surface area contributed by atoms with Crippen LogP contribution in [-0.4, -0.2) is 26.0 Å². The van der Waals surface area contributed by atoms with E-state index >= 15 is 0 Å². The van der Waals surface area contributed by atoms with Crippen molar-refractivity contribution in [2.24, 2.45) is 0 Å². The third-order valence-corrected chi connectivity index (χ3v) is 3.48. The summed E-state index contributed by atoms with van der Waals surface area (Å²) in [5, 5.41) is 8.63. The zero-order chi connectivity index (χ0) is 10.8. The lowest BCUT2D eigenvalue weighted by atomic mass is 10.3. The predicted molar refractivity (Wildman–Crippen MR) is 50.9 cm³/mol. The Morgan fingerprint density at radius 1 is 1.71 bits per heavy atom. The van der Waals surface area contributed by atoms with Crippen molar-refractivity contribution in [2.75, 3.05) is 5.75 Å². The van der Waals surface area contributed by atoms with Gasteiger partial charge in [-0.15, -0.1) is 0 Å². The molecule has 0 unspecified atom stereocenters. The number of rotatable bonds is 3. The zero-order valence-corrected chi connectivity index (χ0v) is 8.37. The largest absolute Gasteiger partial charge is 0.478 e. The second kappa shape index (κ2) is 3.75.